The maximum atomic E-state index is 2.79. The third kappa shape index (κ3) is 3.48. The molecule has 0 spiro atoms. The molecule has 0 aliphatic carbocycles. The lowest BCUT2D eigenvalue weighted by atomic mass is 9.88. The average Bonchev–Trinajstić information content (AvgIpc) is 2.25. The fourth-order valence-electron chi connectivity index (χ4n) is 3.69. The molecule has 0 amide bonds. The molecule has 2 fully saturated rings. The van der Waals surface area contributed by atoms with Gasteiger partial charge in [0.1, 0.15) is 0 Å². The predicted molar refractivity (Wildman–Crippen MR) is 78.9 cm³/mol. The number of rotatable bonds is 2. The van der Waals surface area contributed by atoms with Crippen LogP contribution in [0, 0.1) is 11.3 Å². The van der Waals surface area contributed by atoms with Crippen LogP contribution in [0.5, 0.6) is 0 Å². The molecule has 0 aromatic rings. The SMILES string of the molecule is CC(C)C1CN2CCCCC2CN1CC(C)(C)C. The summed E-state index contributed by atoms with van der Waals surface area (Å²) < 4.78 is 0. The molecular formula is C16H32N2. The van der Waals surface area contributed by atoms with Gasteiger partial charge in [-0.05, 0) is 30.7 Å². The van der Waals surface area contributed by atoms with Gasteiger partial charge in [0.05, 0.1) is 0 Å². The van der Waals surface area contributed by atoms with Gasteiger partial charge in [-0.3, -0.25) is 9.80 Å². The highest BCUT2D eigenvalue weighted by Gasteiger charge is 2.37. The van der Waals surface area contributed by atoms with Gasteiger partial charge < -0.3 is 0 Å². The Morgan fingerprint density at radius 3 is 2.44 bits per heavy atom. The second-order valence-corrected chi connectivity index (χ2v) is 7.95. The van der Waals surface area contributed by atoms with Crippen molar-refractivity contribution in [2.75, 3.05) is 26.2 Å². The monoisotopic (exact) mass is 252 g/mol. The standard InChI is InChI=1S/C16H32N2/c1-13(2)15-11-17-9-7-6-8-14(17)10-18(15)12-16(3,4)5/h13-15H,6-12H2,1-5H3. The van der Waals surface area contributed by atoms with Crippen molar-refractivity contribution in [2.24, 2.45) is 11.3 Å². The highest BCUT2D eigenvalue weighted by molar-refractivity contribution is 4.93. The van der Waals surface area contributed by atoms with Gasteiger partial charge in [-0.15, -0.1) is 0 Å². The first kappa shape index (κ1) is 14.3. The number of piperidine rings is 1. The number of nitrogens with zero attached hydrogens (tertiary/aromatic N) is 2. The van der Waals surface area contributed by atoms with Gasteiger partial charge in [0.2, 0.25) is 0 Å². The summed E-state index contributed by atoms with van der Waals surface area (Å²) in [4.78, 5) is 5.56. The molecule has 0 N–H and O–H groups in total. The first-order valence-corrected chi connectivity index (χ1v) is 7.85. The number of piperazine rings is 1. The Kier molecular flexibility index (Phi) is 4.38. The molecule has 0 aromatic carbocycles. The molecule has 2 heterocycles. The molecule has 2 unspecified atom stereocenters. The molecule has 0 saturated carbocycles. The van der Waals surface area contributed by atoms with Crippen molar-refractivity contribution in [1.82, 2.24) is 9.80 Å². The van der Waals surface area contributed by atoms with E-state index in [0.717, 1.165) is 18.0 Å². The lowest BCUT2D eigenvalue weighted by Gasteiger charge is -2.51. The van der Waals surface area contributed by atoms with Gasteiger partial charge in [-0.1, -0.05) is 41.0 Å². The fourth-order valence-corrected chi connectivity index (χ4v) is 3.69. The van der Waals surface area contributed by atoms with Gasteiger partial charge >= 0.3 is 0 Å². The zero-order chi connectivity index (χ0) is 13.3. The Balaban J connectivity index is 2.05. The topological polar surface area (TPSA) is 6.48 Å². The normalized spacial score (nSPS) is 31.7. The minimum Gasteiger partial charge on any atom is -0.298 e. The van der Waals surface area contributed by atoms with Gasteiger partial charge in [0.15, 0.2) is 0 Å². The summed E-state index contributed by atoms with van der Waals surface area (Å²) in [5, 5.41) is 0. The van der Waals surface area contributed by atoms with E-state index in [1.807, 2.05) is 0 Å². The van der Waals surface area contributed by atoms with Crippen molar-refractivity contribution in [3.05, 3.63) is 0 Å². The van der Waals surface area contributed by atoms with Crippen LogP contribution in [0.2, 0.25) is 0 Å². The maximum absolute atomic E-state index is 2.79. The molecule has 18 heavy (non-hydrogen) atoms. The molecule has 2 saturated heterocycles. The van der Waals surface area contributed by atoms with E-state index in [1.165, 1.54) is 45.4 Å². The quantitative estimate of drug-likeness (QED) is 0.744. The lowest BCUT2D eigenvalue weighted by Crippen LogP contribution is -2.62. The molecule has 2 heteroatoms. The van der Waals surface area contributed by atoms with E-state index in [2.05, 4.69) is 44.4 Å². The average molecular weight is 252 g/mol. The fraction of sp³-hybridized carbons (Fsp3) is 1.00. The Morgan fingerprint density at radius 1 is 1.11 bits per heavy atom. The van der Waals surface area contributed by atoms with E-state index in [-0.39, 0.29) is 0 Å². The number of hydrogen-bond acceptors (Lipinski definition) is 2. The van der Waals surface area contributed by atoms with Crippen LogP contribution in [0.1, 0.15) is 53.9 Å². The molecule has 2 aliphatic heterocycles. The van der Waals surface area contributed by atoms with Crippen LogP contribution in [0.15, 0.2) is 0 Å². The summed E-state index contributed by atoms with van der Waals surface area (Å²) in [7, 11) is 0. The molecule has 0 aromatic heterocycles. The molecule has 2 rings (SSSR count). The van der Waals surface area contributed by atoms with Crippen LogP contribution in [0.4, 0.5) is 0 Å². The van der Waals surface area contributed by atoms with Gasteiger partial charge in [-0.25, -0.2) is 0 Å². The number of hydrogen-bond donors (Lipinski definition) is 0. The lowest BCUT2D eigenvalue weighted by molar-refractivity contribution is -0.0214. The first-order chi connectivity index (χ1) is 8.37. The van der Waals surface area contributed by atoms with Crippen LogP contribution in [0.3, 0.4) is 0 Å². The molecular weight excluding hydrogens is 220 g/mol. The van der Waals surface area contributed by atoms with Crippen molar-refractivity contribution in [1.29, 1.82) is 0 Å². The maximum Gasteiger partial charge on any atom is 0.0247 e. The van der Waals surface area contributed by atoms with E-state index >= 15 is 0 Å². The van der Waals surface area contributed by atoms with E-state index < -0.39 is 0 Å². The summed E-state index contributed by atoms with van der Waals surface area (Å²) in [6.07, 6.45) is 4.28. The summed E-state index contributed by atoms with van der Waals surface area (Å²) in [5.41, 5.74) is 0.421. The summed E-state index contributed by atoms with van der Waals surface area (Å²) in [5.74, 6) is 0.773. The zero-order valence-electron chi connectivity index (χ0n) is 13.1. The van der Waals surface area contributed by atoms with Gasteiger partial charge in [-0.2, -0.15) is 0 Å². The van der Waals surface area contributed by atoms with Gasteiger partial charge in [0.25, 0.3) is 0 Å². The Hall–Kier alpha value is -0.0800. The molecule has 0 radical (unpaired) electrons. The Morgan fingerprint density at radius 2 is 1.83 bits per heavy atom. The number of fused-ring (bicyclic) bond motifs is 1. The Bertz CT molecular complexity index is 267. The minimum absolute atomic E-state index is 0.421. The van der Waals surface area contributed by atoms with E-state index in [4.69, 9.17) is 0 Å². The second-order valence-electron chi connectivity index (χ2n) is 7.95. The largest absolute Gasteiger partial charge is 0.298 e. The van der Waals surface area contributed by atoms with Crippen molar-refractivity contribution < 1.29 is 0 Å². The van der Waals surface area contributed by atoms with Gasteiger partial charge in [0, 0.05) is 31.7 Å². The Labute approximate surface area is 114 Å². The van der Waals surface area contributed by atoms with Crippen molar-refractivity contribution in [2.45, 2.75) is 66.0 Å². The van der Waals surface area contributed by atoms with Crippen molar-refractivity contribution >= 4 is 0 Å². The minimum atomic E-state index is 0.421. The van der Waals surface area contributed by atoms with Crippen LogP contribution in [0.25, 0.3) is 0 Å². The van der Waals surface area contributed by atoms with Crippen molar-refractivity contribution in [3.63, 3.8) is 0 Å². The first-order valence-electron chi connectivity index (χ1n) is 7.85. The third-order valence-electron chi connectivity index (χ3n) is 4.53. The zero-order valence-corrected chi connectivity index (χ0v) is 13.1. The molecule has 2 nitrogen and oxygen atoms in total. The molecule has 2 atom stereocenters. The highest BCUT2D eigenvalue weighted by Crippen LogP contribution is 2.29. The predicted octanol–water partition coefficient (Wildman–Crippen LogP) is 3.23. The summed E-state index contributed by atoms with van der Waals surface area (Å²) in [6.45, 7) is 17.1. The van der Waals surface area contributed by atoms with E-state index in [1.54, 1.807) is 0 Å². The van der Waals surface area contributed by atoms with Crippen LogP contribution in [-0.4, -0.2) is 48.1 Å². The second kappa shape index (κ2) is 5.50. The summed E-state index contributed by atoms with van der Waals surface area (Å²) >= 11 is 0. The molecule has 106 valence electrons. The van der Waals surface area contributed by atoms with Crippen LogP contribution < -0.4 is 0 Å². The van der Waals surface area contributed by atoms with Crippen molar-refractivity contribution in [3.8, 4) is 0 Å². The summed E-state index contributed by atoms with van der Waals surface area (Å²) in [6, 6.07) is 1.61. The van der Waals surface area contributed by atoms with Crippen LogP contribution >= 0.6 is 0 Å². The van der Waals surface area contributed by atoms with E-state index in [0.29, 0.717) is 5.41 Å². The molecule has 0 bridgehead atoms. The smallest absolute Gasteiger partial charge is 0.0247 e. The third-order valence-corrected chi connectivity index (χ3v) is 4.53. The molecule has 2 aliphatic rings. The highest BCUT2D eigenvalue weighted by atomic mass is 15.3. The van der Waals surface area contributed by atoms with E-state index in [9.17, 15) is 0 Å². The van der Waals surface area contributed by atoms with Crippen LogP contribution in [-0.2, 0) is 0 Å².